The van der Waals surface area contributed by atoms with Gasteiger partial charge in [0.05, 0.1) is 32.6 Å². The minimum atomic E-state index is -2.23. The van der Waals surface area contributed by atoms with Crippen molar-refractivity contribution in [3.8, 4) is 11.5 Å². The summed E-state index contributed by atoms with van der Waals surface area (Å²) in [6.07, 6.45) is 2.66. The van der Waals surface area contributed by atoms with Crippen LogP contribution in [0.15, 0.2) is 60.4 Å². The smallest absolute Gasteiger partial charge is 0.329 e. The van der Waals surface area contributed by atoms with Crippen LogP contribution in [0.25, 0.3) is 0 Å². The van der Waals surface area contributed by atoms with Gasteiger partial charge >= 0.3 is 5.97 Å². The molecule has 0 radical (unpaired) electrons. The van der Waals surface area contributed by atoms with Crippen LogP contribution in [0.1, 0.15) is 66.5 Å². The third kappa shape index (κ3) is 6.03. The summed E-state index contributed by atoms with van der Waals surface area (Å²) >= 11 is 0. The minimum Gasteiger partial charge on any atom is -0.546 e. The Morgan fingerprint density at radius 3 is 1.82 bits per heavy atom. The van der Waals surface area contributed by atoms with Crippen LogP contribution in [0.3, 0.4) is 0 Å². The number of ether oxygens (including phenoxy) is 3. The summed E-state index contributed by atoms with van der Waals surface area (Å²) in [5.41, 5.74) is 3.22. The van der Waals surface area contributed by atoms with E-state index in [1.54, 1.807) is 14.2 Å². The van der Waals surface area contributed by atoms with Crippen molar-refractivity contribution >= 4 is 20.0 Å². The fourth-order valence-electron chi connectivity index (χ4n) is 6.05. The number of rotatable bonds is 11. The third-order valence-electron chi connectivity index (χ3n) is 7.78. The van der Waals surface area contributed by atoms with E-state index in [-0.39, 0.29) is 12.0 Å². The minimum absolute atomic E-state index is 0.231. The Bertz CT molecular complexity index is 1060. The number of anilines is 1. The second-order valence-corrected chi connectivity index (χ2v) is 16.2. The fourth-order valence-corrected chi connectivity index (χ4v) is 11.4. The fraction of sp³-hybridized carbons (Fsp3) is 0.516. The molecule has 2 atom stereocenters. The predicted molar refractivity (Wildman–Crippen MR) is 156 cm³/mol. The van der Waals surface area contributed by atoms with Gasteiger partial charge in [-0.15, -0.1) is 0 Å². The standard InChI is InChI=1S/C31H45NO5Si/c1-10-36-31(33)30-20-28(37-38(21(2)3,22(4)5)23(6)7)19-29(24-11-15-26(34-8)16-12-24)32(30)25-13-17-27(35-9)18-14-25/h11-19,21-23,29-30H,10,20H2,1-9H3/t29-,30-/m0/s1. The van der Waals surface area contributed by atoms with Crippen molar-refractivity contribution in [3.05, 3.63) is 65.9 Å². The Morgan fingerprint density at radius 1 is 0.868 bits per heavy atom. The third-order valence-corrected chi connectivity index (χ3v) is 13.8. The zero-order valence-electron chi connectivity index (χ0n) is 24.5. The van der Waals surface area contributed by atoms with Crippen LogP contribution in [0.2, 0.25) is 16.6 Å². The van der Waals surface area contributed by atoms with Crippen molar-refractivity contribution in [1.29, 1.82) is 0 Å². The normalized spacial score (nSPS) is 18.0. The molecule has 208 valence electrons. The van der Waals surface area contributed by atoms with E-state index in [1.807, 2.05) is 43.3 Å². The Labute approximate surface area is 230 Å². The summed E-state index contributed by atoms with van der Waals surface area (Å²) < 4.78 is 23.6. The Morgan fingerprint density at radius 2 is 1.37 bits per heavy atom. The van der Waals surface area contributed by atoms with Crippen molar-refractivity contribution in [2.75, 3.05) is 25.7 Å². The SMILES string of the molecule is CCOC(=O)[C@@H]1CC(O[Si](C(C)C)(C(C)C)C(C)C)=C[C@@H](c2ccc(OC)cc2)N1c1ccc(OC)cc1. The summed E-state index contributed by atoms with van der Waals surface area (Å²) in [4.78, 5) is 15.7. The summed E-state index contributed by atoms with van der Waals surface area (Å²) in [6.45, 7) is 15.9. The first kappa shape index (κ1) is 29.6. The highest BCUT2D eigenvalue weighted by Crippen LogP contribution is 2.46. The molecule has 0 bridgehead atoms. The maximum absolute atomic E-state index is 13.5. The van der Waals surface area contributed by atoms with Crippen LogP contribution in [0.5, 0.6) is 11.5 Å². The molecule has 0 fully saturated rings. The average molecular weight is 540 g/mol. The van der Waals surface area contributed by atoms with Crippen LogP contribution in [0.4, 0.5) is 5.69 Å². The van der Waals surface area contributed by atoms with E-state index in [0.717, 1.165) is 28.5 Å². The van der Waals surface area contributed by atoms with E-state index in [2.05, 4.69) is 64.7 Å². The number of hydrogen-bond donors (Lipinski definition) is 0. The number of carbonyl (C=O) groups excluding carboxylic acids is 1. The molecule has 3 rings (SSSR count). The van der Waals surface area contributed by atoms with E-state index in [9.17, 15) is 4.79 Å². The molecule has 0 aliphatic carbocycles. The number of carbonyl (C=O) groups is 1. The molecular formula is C31H45NO5Si. The van der Waals surface area contributed by atoms with Crippen molar-refractivity contribution in [2.45, 2.75) is 83.6 Å². The molecular weight excluding hydrogens is 494 g/mol. The van der Waals surface area contributed by atoms with Gasteiger partial charge in [-0.05, 0) is 71.6 Å². The Balaban J connectivity index is 2.20. The lowest BCUT2D eigenvalue weighted by molar-refractivity contribution is -0.145. The van der Waals surface area contributed by atoms with Crippen LogP contribution >= 0.6 is 0 Å². The molecule has 0 unspecified atom stereocenters. The zero-order valence-corrected chi connectivity index (χ0v) is 25.5. The van der Waals surface area contributed by atoms with Crippen LogP contribution < -0.4 is 14.4 Å². The topological polar surface area (TPSA) is 57.2 Å². The van der Waals surface area contributed by atoms with Crippen LogP contribution in [0, 0.1) is 0 Å². The van der Waals surface area contributed by atoms with E-state index < -0.39 is 14.4 Å². The molecule has 2 aromatic carbocycles. The molecule has 38 heavy (non-hydrogen) atoms. The molecule has 6 nitrogen and oxygen atoms in total. The average Bonchev–Trinajstić information content (AvgIpc) is 2.90. The lowest BCUT2D eigenvalue weighted by Crippen LogP contribution is -2.51. The van der Waals surface area contributed by atoms with Gasteiger partial charge in [0.15, 0.2) is 0 Å². The number of esters is 1. The van der Waals surface area contributed by atoms with E-state index in [0.29, 0.717) is 29.7 Å². The summed E-state index contributed by atoms with van der Waals surface area (Å²) in [5, 5.41) is 0. The Hall–Kier alpha value is -2.93. The molecule has 2 aromatic rings. The van der Waals surface area contributed by atoms with Crippen LogP contribution in [-0.2, 0) is 14.0 Å². The van der Waals surface area contributed by atoms with E-state index in [1.165, 1.54) is 0 Å². The molecule has 1 aliphatic rings. The van der Waals surface area contributed by atoms with Gasteiger partial charge in [0.25, 0.3) is 8.32 Å². The Kier molecular flexibility index (Phi) is 9.93. The largest absolute Gasteiger partial charge is 0.546 e. The number of nitrogens with zero attached hydrogens (tertiary/aromatic N) is 1. The van der Waals surface area contributed by atoms with Gasteiger partial charge in [0.2, 0.25) is 0 Å². The summed E-state index contributed by atoms with van der Waals surface area (Å²) in [7, 11) is 1.08. The number of hydrogen-bond acceptors (Lipinski definition) is 6. The maximum atomic E-state index is 13.5. The highest BCUT2D eigenvalue weighted by molar-refractivity contribution is 6.77. The van der Waals surface area contributed by atoms with Gasteiger partial charge in [-0.25, -0.2) is 4.79 Å². The molecule has 1 aliphatic heterocycles. The van der Waals surface area contributed by atoms with Gasteiger partial charge in [-0.3, -0.25) is 0 Å². The quantitative estimate of drug-likeness (QED) is 0.216. The predicted octanol–water partition coefficient (Wildman–Crippen LogP) is 7.66. The van der Waals surface area contributed by atoms with Gasteiger partial charge in [-0.2, -0.15) is 0 Å². The molecule has 0 N–H and O–H groups in total. The van der Waals surface area contributed by atoms with Crippen molar-refractivity contribution in [3.63, 3.8) is 0 Å². The molecule has 0 saturated carbocycles. The number of benzene rings is 2. The number of methoxy groups -OCH3 is 2. The van der Waals surface area contributed by atoms with Gasteiger partial charge in [-0.1, -0.05) is 53.7 Å². The van der Waals surface area contributed by atoms with Gasteiger partial charge in [0, 0.05) is 12.1 Å². The molecule has 7 heteroatoms. The summed E-state index contributed by atoms with van der Waals surface area (Å²) in [6, 6.07) is 15.1. The highest BCUT2D eigenvalue weighted by atomic mass is 28.4. The monoisotopic (exact) mass is 539 g/mol. The van der Waals surface area contributed by atoms with Crippen LogP contribution in [-0.4, -0.2) is 41.2 Å². The molecule has 0 aromatic heterocycles. The van der Waals surface area contributed by atoms with Crippen molar-refractivity contribution in [2.24, 2.45) is 0 Å². The van der Waals surface area contributed by atoms with Gasteiger partial charge in [0.1, 0.15) is 17.5 Å². The molecule has 1 heterocycles. The molecule has 0 spiro atoms. The highest BCUT2D eigenvalue weighted by Gasteiger charge is 2.49. The van der Waals surface area contributed by atoms with E-state index >= 15 is 0 Å². The lowest BCUT2D eigenvalue weighted by atomic mass is 9.94. The first-order valence-corrected chi connectivity index (χ1v) is 15.9. The second-order valence-electron chi connectivity index (χ2n) is 10.8. The van der Waals surface area contributed by atoms with E-state index in [4.69, 9.17) is 18.6 Å². The van der Waals surface area contributed by atoms with Gasteiger partial charge < -0.3 is 23.5 Å². The molecule has 0 amide bonds. The summed E-state index contributed by atoms with van der Waals surface area (Å²) in [5.74, 6) is 2.19. The zero-order chi connectivity index (χ0) is 28.0. The lowest BCUT2D eigenvalue weighted by Gasteiger charge is -2.47. The maximum Gasteiger partial charge on any atom is 0.329 e. The second kappa shape index (κ2) is 12.7. The molecule has 0 saturated heterocycles. The van der Waals surface area contributed by atoms with Crippen molar-refractivity contribution < 1.29 is 23.4 Å². The van der Waals surface area contributed by atoms with Crippen molar-refractivity contribution in [1.82, 2.24) is 0 Å². The first-order valence-electron chi connectivity index (χ1n) is 13.7. The first-order chi connectivity index (χ1) is 18.1.